The first-order valence-electron chi connectivity index (χ1n) is 7.41. The number of aromatic nitrogens is 1. The predicted octanol–water partition coefficient (Wildman–Crippen LogP) is 3.49. The second-order valence-corrected chi connectivity index (χ2v) is 6.93. The third kappa shape index (κ3) is 4.88. The van der Waals surface area contributed by atoms with Gasteiger partial charge in [0.2, 0.25) is 0 Å². The van der Waals surface area contributed by atoms with E-state index in [0.29, 0.717) is 0 Å². The van der Waals surface area contributed by atoms with Crippen molar-refractivity contribution in [1.82, 2.24) is 14.8 Å². The smallest absolute Gasteiger partial charge is 0.194 e. The molecular formula is C16H23BrN4S. The molecule has 0 bridgehead atoms. The van der Waals surface area contributed by atoms with Gasteiger partial charge in [-0.25, -0.2) is 0 Å². The van der Waals surface area contributed by atoms with E-state index in [-0.39, 0.29) is 0 Å². The van der Waals surface area contributed by atoms with Gasteiger partial charge in [0, 0.05) is 43.5 Å². The summed E-state index contributed by atoms with van der Waals surface area (Å²) in [6.45, 7) is 4.60. The summed E-state index contributed by atoms with van der Waals surface area (Å²) in [5.41, 5.74) is 2.61. The number of nitrogens with zero attached hydrogens (tertiary/aromatic N) is 3. The van der Waals surface area contributed by atoms with E-state index < -0.39 is 0 Å². The van der Waals surface area contributed by atoms with Crippen LogP contribution in [-0.2, 0) is 20.0 Å². The van der Waals surface area contributed by atoms with E-state index in [1.54, 1.807) is 11.3 Å². The third-order valence-electron chi connectivity index (χ3n) is 3.41. The van der Waals surface area contributed by atoms with Crippen molar-refractivity contribution in [3.8, 4) is 0 Å². The number of guanidine groups is 1. The molecule has 0 aromatic carbocycles. The number of nitrogens with one attached hydrogen (secondary N) is 1. The monoisotopic (exact) mass is 382 g/mol. The molecule has 0 aliphatic heterocycles. The maximum atomic E-state index is 4.74. The molecule has 0 atom stereocenters. The molecule has 0 aliphatic rings. The zero-order valence-electron chi connectivity index (χ0n) is 13.3. The minimum atomic E-state index is 0.806. The van der Waals surface area contributed by atoms with Gasteiger partial charge in [0.05, 0.1) is 6.54 Å². The third-order valence-corrected chi connectivity index (χ3v) is 4.58. The van der Waals surface area contributed by atoms with Crippen LogP contribution >= 0.6 is 27.3 Å². The zero-order valence-corrected chi connectivity index (χ0v) is 15.7. The lowest BCUT2D eigenvalue weighted by molar-refractivity contribution is 0.462. The van der Waals surface area contributed by atoms with Crippen LogP contribution in [0.15, 0.2) is 38.6 Å². The summed E-state index contributed by atoms with van der Waals surface area (Å²) in [7, 11) is 4.14. The van der Waals surface area contributed by atoms with Crippen LogP contribution in [0.5, 0.6) is 0 Å². The maximum absolute atomic E-state index is 4.74. The van der Waals surface area contributed by atoms with Crippen LogP contribution < -0.4 is 5.32 Å². The Kier molecular flexibility index (Phi) is 6.51. The van der Waals surface area contributed by atoms with Crippen LogP contribution in [0.2, 0.25) is 0 Å². The highest BCUT2D eigenvalue weighted by Gasteiger charge is 2.09. The second kappa shape index (κ2) is 8.39. The number of aliphatic imine (C=N–C) groups is 1. The standard InChI is InChI=1S/C16H23BrN4S/c1-4-18-16(19-7-5-13-6-8-22-12-13)21(3)11-15-9-14(17)10-20(15)2/h6,8-10,12H,4-5,7,11H2,1-3H3,(H,18,19). The molecule has 2 aromatic rings. The molecule has 0 saturated heterocycles. The molecule has 0 unspecified atom stereocenters. The Labute approximate surface area is 145 Å². The molecule has 2 rings (SSSR count). The molecule has 0 spiro atoms. The normalized spacial score (nSPS) is 11.7. The van der Waals surface area contributed by atoms with Gasteiger partial charge in [-0.15, -0.1) is 0 Å². The van der Waals surface area contributed by atoms with Crippen LogP contribution in [0.3, 0.4) is 0 Å². The van der Waals surface area contributed by atoms with Crippen molar-refractivity contribution < 1.29 is 0 Å². The molecule has 2 aromatic heterocycles. The first-order chi connectivity index (χ1) is 10.6. The highest BCUT2D eigenvalue weighted by atomic mass is 79.9. The average molecular weight is 383 g/mol. The first-order valence-corrected chi connectivity index (χ1v) is 9.15. The summed E-state index contributed by atoms with van der Waals surface area (Å²) in [5, 5.41) is 7.67. The van der Waals surface area contributed by atoms with Gasteiger partial charge < -0.3 is 14.8 Å². The van der Waals surface area contributed by atoms with Crippen molar-refractivity contribution in [3.05, 3.63) is 44.8 Å². The van der Waals surface area contributed by atoms with Crippen molar-refractivity contribution >= 4 is 33.2 Å². The zero-order chi connectivity index (χ0) is 15.9. The molecule has 0 fully saturated rings. The topological polar surface area (TPSA) is 32.6 Å². The van der Waals surface area contributed by atoms with E-state index in [1.165, 1.54) is 11.3 Å². The van der Waals surface area contributed by atoms with E-state index in [9.17, 15) is 0 Å². The van der Waals surface area contributed by atoms with Gasteiger partial charge in [-0.2, -0.15) is 11.3 Å². The lowest BCUT2D eigenvalue weighted by Crippen LogP contribution is -2.39. The molecule has 1 N–H and O–H groups in total. The van der Waals surface area contributed by atoms with E-state index in [0.717, 1.165) is 36.5 Å². The number of rotatable bonds is 6. The van der Waals surface area contributed by atoms with Crippen LogP contribution in [-0.4, -0.2) is 35.6 Å². The fraction of sp³-hybridized carbons (Fsp3) is 0.438. The Morgan fingerprint density at radius 1 is 1.50 bits per heavy atom. The minimum Gasteiger partial charge on any atom is -0.357 e. The van der Waals surface area contributed by atoms with Crippen LogP contribution in [0.4, 0.5) is 0 Å². The summed E-state index contributed by atoms with van der Waals surface area (Å²) in [6, 6.07) is 4.31. The predicted molar refractivity (Wildman–Crippen MR) is 98.6 cm³/mol. The fourth-order valence-electron chi connectivity index (χ4n) is 2.24. The van der Waals surface area contributed by atoms with Crippen LogP contribution in [0.25, 0.3) is 0 Å². The number of thiophene rings is 1. The number of halogens is 1. The van der Waals surface area contributed by atoms with Gasteiger partial charge >= 0.3 is 0 Å². The van der Waals surface area contributed by atoms with E-state index in [4.69, 9.17) is 4.99 Å². The van der Waals surface area contributed by atoms with Gasteiger partial charge in [-0.3, -0.25) is 4.99 Å². The van der Waals surface area contributed by atoms with Crippen molar-refractivity contribution in [2.45, 2.75) is 19.9 Å². The Bertz CT molecular complexity index is 604. The highest BCUT2D eigenvalue weighted by Crippen LogP contribution is 2.15. The molecule has 22 heavy (non-hydrogen) atoms. The van der Waals surface area contributed by atoms with E-state index in [1.807, 2.05) is 0 Å². The minimum absolute atomic E-state index is 0.806. The second-order valence-electron chi connectivity index (χ2n) is 5.23. The average Bonchev–Trinajstić information content (AvgIpc) is 3.08. The van der Waals surface area contributed by atoms with Crippen molar-refractivity contribution in [3.63, 3.8) is 0 Å². The van der Waals surface area contributed by atoms with Gasteiger partial charge in [-0.1, -0.05) is 0 Å². The molecular weight excluding hydrogens is 360 g/mol. The Morgan fingerprint density at radius 3 is 2.91 bits per heavy atom. The highest BCUT2D eigenvalue weighted by molar-refractivity contribution is 9.10. The Morgan fingerprint density at radius 2 is 2.32 bits per heavy atom. The number of hydrogen-bond acceptors (Lipinski definition) is 2. The maximum Gasteiger partial charge on any atom is 0.194 e. The Hall–Kier alpha value is -1.27. The molecule has 0 amide bonds. The molecule has 6 heteroatoms. The van der Waals surface area contributed by atoms with Gasteiger partial charge in [-0.05, 0) is 57.7 Å². The molecule has 4 nitrogen and oxygen atoms in total. The molecule has 2 heterocycles. The first kappa shape index (κ1) is 17.1. The van der Waals surface area contributed by atoms with Gasteiger partial charge in [0.15, 0.2) is 5.96 Å². The Balaban J connectivity index is 1.97. The summed E-state index contributed by atoms with van der Waals surface area (Å²) in [5.74, 6) is 0.954. The van der Waals surface area contributed by atoms with Crippen molar-refractivity contribution in [1.29, 1.82) is 0 Å². The van der Waals surface area contributed by atoms with Crippen molar-refractivity contribution in [2.24, 2.45) is 12.0 Å². The molecule has 0 aliphatic carbocycles. The fourth-order valence-corrected chi connectivity index (χ4v) is 3.51. The summed E-state index contributed by atoms with van der Waals surface area (Å²) in [6.07, 6.45) is 3.06. The lowest BCUT2D eigenvalue weighted by Gasteiger charge is -2.22. The molecule has 0 saturated carbocycles. The van der Waals surface area contributed by atoms with Crippen LogP contribution in [0.1, 0.15) is 18.2 Å². The summed E-state index contributed by atoms with van der Waals surface area (Å²) >= 11 is 5.26. The van der Waals surface area contributed by atoms with Gasteiger partial charge in [0.25, 0.3) is 0 Å². The van der Waals surface area contributed by atoms with E-state index in [2.05, 4.69) is 80.8 Å². The SMILES string of the molecule is CCNC(=NCCc1ccsc1)N(C)Cc1cc(Br)cn1C. The van der Waals surface area contributed by atoms with E-state index >= 15 is 0 Å². The lowest BCUT2D eigenvalue weighted by atomic mass is 10.2. The van der Waals surface area contributed by atoms with Crippen LogP contribution in [0, 0.1) is 0 Å². The quantitative estimate of drug-likeness (QED) is 0.612. The van der Waals surface area contributed by atoms with Crippen molar-refractivity contribution in [2.75, 3.05) is 20.1 Å². The number of hydrogen-bond donors (Lipinski definition) is 1. The number of aryl methyl sites for hydroxylation is 1. The van der Waals surface area contributed by atoms with Gasteiger partial charge in [0.1, 0.15) is 0 Å². The summed E-state index contributed by atoms with van der Waals surface area (Å²) in [4.78, 5) is 6.90. The molecule has 120 valence electrons. The largest absolute Gasteiger partial charge is 0.357 e. The summed E-state index contributed by atoms with van der Waals surface area (Å²) < 4.78 is 3.24. The molecule has 0 radical (unpaired) electrons.